The normalized spacial score (nSPS) is 12.0. The van der Waals surface area contributed by atoms with E-state index >= 15 is 0 Å². The van der Waals surface area contributed by atoms with Gasteiger partial charge in [0.1, 0.15) is 5.82 Å². The van der Waals surface area contributed by atoms with Crippen molar-refractivity contribution in [3.8, 4) is 11.5 Å². The van der Waals surface area contributed by atoms with Crippen molar-refractivity contribution in [1.29, 1.82) is 0 Å². The monoisotopic (exact) mass is 360 g/mol. The van der Waals surface area contributed by atoms with E-state index in [2.05, 4.69) is 10.2 Å². The Labute approximate surface area is 148 Å². The van der Waals surface area contributed by atoms with Crippen LogP contribution in [0.15, 0.2) is 46.9 Å². The average molecular weight is 361 g/mol. The molecule has 0 spiro atoms. The molecule has 0 saturated heterocycles. The second-order valence-electron chi connectivity index (χ2n) is 5.48. The molecule has 0 aliphatic heterocycles. The molecule has 0 unspecified atom stereocenters. The Balaban J connectivity index is 1.75. The van der Waals surface area contributed by atoms with Gasteiger partial charge in [0.2, 0.25) is 5.89 Å². The predicted molar refractivity (Wildman–Crippen MR) is 89.7 cm³/mol. The molecule has 0 aliphatic carbocycles. The number of halogens is 2. The molecule has 25 heavy (non-hydrogen) atoms. The summed E-state index contributed by atoms with van der Waals surface area (Å²) in [5.74, 6) is -1.15. The van der Waals surface area contributed by atoms with Gasteiger partial charge in [0.15, 0.2) is 6.10 Å². The van der Waals surface area contributed by atoms with Gasteiger partial charge in [-0.1, -0.05) is 29.3 Å². The third-order valence-electron chi connectivity index (χ3n) is 3.52. The number of aromatic nitrogens is 2. The average Bonchev–Trinajstić information content (AvgIpc) is 3.07. The van der Waals surface area contributed by atoms with Crippen LogP contribution >= 0.6 is 11.6 Å². The summed E-state index contributed by atoms with van der Waals surface area (Å²) in [5.41, 5.74) is 1.61. The summed E-state index contributed by atoms with van der Waals surface area (Å²) in [5, 5.41) is 8.07. The number of hydrogen-bond acceptors (Lipinski definition) is 5. The number of carbonyl (C=O) groups is 1. The fourth-order valence-electron chi connectivity index (χ4n) is 2.14. The van der Waals surface area contributed by atoms with E-state index in [1.807, 2.05) is 31.2 Å². The molecule has 3 aromatic rings. The van der Waals surface area contributed by atoms with Gasteiger partial charge in [-0.3, -0.25) is 0 Å². The maximum absolute atomic E-state index is 13.7. The molecule has 0 bridgehead atoms. The predicted octanol–water partition coefficient (Wildman–Crippen LogP) is 4.76. The van der Waals surface area contributed by atoms with Gasteiger partial charge in [0.25, 0.3) is 5.89 Å². The SMILES string of the molecule is Cc1ccc(-c2nnc([C@H](C)OC(=O)c3cc(Cl)ccc3F)o2)cc1. The number of nitrogens with zero attached hydrogens (tertiary/aromatic N) is 2. The van der Waals surface area contributed by atoms with E-state index in [4.69, 9.17) is 20.8 Å². The molecule has 0 saturated carbocycles. The highest BCUT2D eigenvalue weighted by molar-refractivity contribution is 6.30. The second-order valence-corrected chi connectivity index (χ2v) is 5.92. The number of hydrogen-bond donors (Lipinski definition) is 0. The zero-order valence-electron chi connectivity index (χ0n) is 13.5. The smallest absolute Gasteiger partial charge is 0.341 e. The summed E-state index contributed by atoms with van der Waals surface area (Å²) in [4.78, 5) is 12.1. The van der Waals surface area contributed by atoms with E-state index < -0.39 is 17.9 Å². The molecule has 1 aromatic heterocycles. The molecule has 7 heteroatoms. The van der Waals surface area contributed by atoms with Crippen molar-refractivity contribution in [2.75, 3.05) is 0 Å². The van der Waals surface area contributed by atoms with Crippen LogP contribution in [0.5, 0.6) is 0 Å². The summed E-state index contributed by atoms with van der Waals surface area (Å²) in [6.45, 7) is 3.53. The van der Waals surface area contributed by atoms with E-state index in [0.717, 1.165) is 17.2 Å². The molecule has 0 amide bonds. The molecule has 2 aromatic carbocycles. The third-order valence-corrected chi connectivity index (χ3v) is 3.75. The molecule has 0 fully saturated rings. The highest BCUT2D eigenvalue weighted by Crippen LogP contribution is 2.24. The lowest BCUT2D eigenvalue weighted by molar-refractivity contribution is 0.0274. The number of carbonyl (C=O) groups excluding carboxylic acids is 1. The van der Waals surface area contributed by atoms with Crippen molar-refractivity contribution in [3.05, 3.63) is 70.3 Å². The highest BCUT2D eigenvalue weighted by Gasteiger charge is 2.22. The summed E-state index contributed by atoms with van der Waals surface area (Å²) >= 11 is 5.78. The number of rotatable bonds is 4. The quantitative estimate of drug-likeness (QED) is 0.628. The van der Waals surface area contributed by atoms with Gasteiger partial charge in [-0.15, -0.1) is 10.2 Å². The van der Waals surface area contributed by atoms with Crippen LogP contribution in [0.3, 0.4) is 0 Å². The van der Waals surface area contributed by atoms with Gasteiger partial charge < -0.3 is 9.15 Å². The summed E-state index contributed by atoms with van der Waals surface area (Å²) < 4.78 is 24.5. The Morgan fingerprint density at radius 1 is 1.20 bits per heavy atom. The Kier molecular flexibility index (Phi) is 4.81. The van der Waals surface area contributed by atoms with E-state index in [1.165, 1.54) is 12.1 Å². The Morgan fingerprint density at radius 3 is 2.64 bits per heavy atom. The molecule has 128 valence electrons. The summed E-state index contributed by atoms with van der Waals surface area (Å²) in [6, 6.07) is 11.2. The summed E-state index contributed by atoms with van der Waals surface area (Å²) in [7, 11) is 0. The molecular weight excluding hydrogens is 347 g/mol. The van der Waals surface area contributed by atoms with Gasteiger partial charge in [-0.05, 0) is 44.2 Å². The zero-order valence-corrected chi connectivity index (χ0v) is 14.2. The summed E-state index contributed by atoms with van der Waals surface area (Å²) in [6.07, 6.45) is -0.836. The fourth-order valence-corrected chi connectivity index (χ4v) is 2.31. The second kappa shape index (κ2) is 7.03. The standard InChI is InChI=1S/C18H14ClFN2O3/c1-10-3-5-12(6-4-10)17-22-21-16(25-17)11(2)24-18(23)14-9-13(19)7-8-15(14)20/h3-9,11H,1-2H3/t11-/m0/s1. The minimum Gasteiger partial charge on any atom is -0.449 e. The minimum atomic E-state index is -0.859. The van der Waals surface area contributed by atoms with Crippen molar-refractivity contribution in [3.63, 3.8) is 0 Å². The number of aryl methyl sites for hydroxylation is 1. The Morgan fingerprint density at radius 2 is 1.92 bits per heavy atom. The van der Waals surface area contributed by atoms with Crippen LogP contribution in [0.4, 0.5) is 4.39 Å². The van der Waals surface area contributed by atoms with Crippen LogP contribution in [0, 0.1) is 12.7 Å². The van der Waals surface area contributed by atoms with Crippen LogP contribution < -0.4 is 0 Å². The maximum Gasteiger partial charge on any atom is 0.341 e. The van der Waals surface area contributed by atoms with Crippen molar-refractivity contribution in [2.45, 2.75) is 20.0 Å². The first-order valence-corrected chi connectivity index (χ1v) is 7.88. The first kappa shape index (κ1) is 17.1. The van der Waals surface area contributed by atoms with Crippen molar-refractivity contribution >= 4 is 17.6 Å². The van der Waals surface area contributed by atoms with E-state index in [9.17, 15) is 9.18 Å². The van der Waals surface area contributed by atoms with Crippen LogP contribution in [0.25, 0.3) is 11.5 Å². The van der Waals surface area contributed by atoms with E-state index in [0.29, 0.717) is 5.89 Å². The fraction of sp³-hybridized carbons (Fsp3) is 0.167. The number of ether oxygens (including phenoxy) is 1. The van der Waals surface area contributed by atoms with Crippen LogP contribution in [0.1, 0.15) is 34.8 Å². The first-order valence-electron chi connectivity index (χ1n) is 7.50. The molecular formula is C18H14ClFN2O3. The van der Waals surface area contributed by atoms with Gasteiger partial charge in [0.05, 0.1) is 5.56 Å². The lowest BCUT2D eigenvalue weighted by Gasteiger charge is -2.10. The van der Waals surface area contributed by atoms with E-state index in [-0.39, 0.29) is 16.5 Å². The Hall–Kier alpha value is -2.73. The van der Waals surface area contributed by atoms with Gasteiger partial charge >= 0.3 is 5.97 Å². The van der Waals surface area contributed by atoms with Gasteiger partial charge in [-0.2, -0.15) is 0 Å². The lowest BCUT2D eigenvalue weighted by atomic mass is 10.1. The van der Waals surface area contributed by atoms with Crippen LogP contribution in [-0.4, -0.2) is 16.2 Å². The van der Waals surface area contributed by atoms with Gasteiger partial charge in [0, 0.05) is 10.6 Å². The van der Waals surface area contributed by atoms with Crippen molar-refractivity contribution in [1.82, 2.24) is 10.2 Å². The van der Waals surface area contributed by atoms with Gasteiger partial charge in [-0.25, -0.2) is 9.18 Å². The number of benzene rings is 2. The Bertz CT molecular complexity index is 909. The highest BCUT2D eigenvalue weighted by atomic mass is 35.5. The molecule has 0 radical (unpaired) electrons. The largest absolute Gasteiger partial charge is 0.449 e. The van der Waals surface area contributed by atoms with Crippen LogP contribution in [-0.2, 0) is 4.74 Å². The van der Waals surface area contributed by atoms with Crippen molar-refractivity contribution < 1.29 is 18.3 Å². The third kappa shape index (κ3) is 3.85. The zero-order chi connectivity index (χ0) is 18.0. The topological polar surface area (TPSA) is 65.2 Å². The van der Waals surface area contributed by atoms with E-state index in [1.54, 1.807) is 6.92 Å². The first-order chi connectivity index (χ1) is 11.9. The minimum absolute atomic E-state index is 0.117. The van der Waals surface area contributed by atoms with Crippen LogP contribution in [0.2, 0.25) is 5.02 Å². The number of esters is 1. The molecule has 0 aliphatic rings. The molecule has 3 rings (SSSR count). The molecule has 1 heterocycles. The molecule has 5 nitrogen and oxygen atoms in total. The molecule has 1 atom stereocenters. The molecule has 0 N–H and O–H groups in total. The maximum atomic E-state index is 13.7. The van der Waals surface area contributed by atoms with Crippen molar-refractivity contribution in [2.24, 2.45) is 0 Å². The lowest BCUT2D eigenvalue weighted by Crippen LogP contribution is -2.11.